The van der Waals surface area contributed by atoms with Gasteiger partial charge in [-0.3, -0.25) is 4.79 Å². The van der Waals surface area contributed by atoms with Gasteiger partial charge in [-0.05, 0) is 66.6 Å². The van der Waals surface area contributed by atoms with E-state index >= 15 is 0 Å². The molecule has 2 aliphatic rings. The van der Waals surface area contributed by atoms with Gasteiger partial charge in [-0.2, -0.15) is 17.2 Å². The second-order valence-corrected chi connectivity index (χ2v) is 8.30. The first-order valence-electron chi connectivity index (χ1n) is 10.7. The molecule has 4 rings (SSSR count). The molecule has 1 amide bonds. The highest BCUT2D eigenvalue weighted by Crippen LogP contribution is 2.36. The molecule has 2 aromatic rings. The van der Waals surface area contributed by atoms with E-state index in [1.165, 1.54) is 61.2 Å². The Morgan fingerprint density at radius 1 is 1.14 bits per heavy atom. The molecule has 1 aromatic carbocycles. The average Bonchev–Trinajstić information content (AvgIpc) is 2.75. The Morgan fingerprint density at radius 3 is 2.62 bits per heavy atom. The third-order valence-corrected chi connectivity index (χ3v) is 6.01. The summed E-state index contributed by atoms with van der Waals surface area (Å²) < 4.78 is 2.14. The molecule has 4 nitrogen and oxygen atoms in total. The van der Waals surface area contributed by atoms with Crippen LogP contribution in [0.1, 0.15) is 41.6 Å². The summed E-state index contributed by atoms with van der Waals surface area (Å²) in [4.78, 5) is 14.5. The van der Waals surface area contributed by atoms with Crippen LogP contribution < -0.4 is 14.8 Å². The number of amides is 1. The van der Waals surface area contributed by atoms with Gasteiger partial charge in [0.25, 0.3) is 0 Å². The first kappa shape index (κ1) is 20.0. The molecule has 3 heterocycles. The minimum atomic E-state index is 0.0728. The number of nitrogens with zero attached hydrogens (tertiary/aromatic N) is 2. The van der Waals surface area contributed by atoms with E-state index < -0.39 is 0 Å². The van der Waals surface area contributed by atoms with Crippen LogP contribution in [0, 0.1) is 0 Å². The SMILES string of the molecule is O=C(CC[n+]1ccccc1/C=C/c1cc2c3c(c1)CCCN3CCC2)NCCS. The number of rotatable bonds is 7. The molecular formula is C24H30N3OS+. The minimum Gasteiger partial charge on any atom is -0.371 e. The van der Waals surface area contributed by atoms with Gasteiger partial charge >= 0.3 is 0 Å². The Bertz CT molecular complexity index is 878. The molecule has 5 heteroatoms. The predicted molar refractivity (Wildman–Crippen MR) is 122 cm³/mol. The summed E-state index contributed by atoms with van der Waals surface area (Å²) in [5.74, 6) is 0.738. The first-order valence-corrected chi connectivity index (χ1v) is 11.3. The van der Waals surface area contributed by atoms with Crippen molar-refractivity contribution in [3.63, 3.8) is 0 Å². The maximum Gasteiger partial charge on any atom is 0.226 e. The molecule has 0 unspecified atom stereocenters. The van der Waals surface area contributed by atoms with E-state index in [2.05, 4.69) is 57.8 Å². The fourth-order valence-corrected chi connectivity index (χ4v) is 4.57. The molecule has 29 heavy (non-hydrogen) atoms. The molecule has 0 bridgehead atoms. The molecule has 1 aromatic heterocycles. The Balaban J connectivity index is 1.51. The van der Waals surface area contributed by atoms with Crippen molar-refractivity contribution in [3.05, 3.63) is 58.9 Å². The zero-order chi connectivity index (χ0) is 20.1. The zero-order valence-electron chi connectivity index (χ0n) is 16.9. The minimum absolute atomic E-state index is 0.0728. The van der Waals surface area contributed by atoms with Gasteiger partial charge in [0.1, 0.15) is 0 Å². The van der Waals surface area contributed by atoms with Crippen molar-refractivity contribution >= 4 is 36.4 Å². The van der Waals surface area contributed by atoms with Crippen LogP contribution in [0.2, 0.25) is 0 Å². The van der Waals surface area contributed by atoms with Crippen molar-refractivity contribution in [1.82, 2.24) is 5.32 Å². The normalized spacial score (nSPS) is 15.4. The number of carbonyl (C=O) groups excluding carboxylic acids is 1. The fourth-order valence-electron chi connectivity index (χ4n) is 4.46. The number of hydrogen-bond donors (Lipinski definition) is 2. The summed E-state index contributed by atoms with van der Waals surface area (Å²) >= 11 is 4.13. The van der Waals surface area contributed by atoms with E-state index in [9.17, 15) is 4.79 Å². The number of nitrogens with one attached hydrogen (secondary N) is 1. The summed E-state index contributed by atoms with van der Waals surface area (Å²) in [6, 6.07) is 10.9. The lowest BCUT2D eigenvalue weighted by molar-refractivity contribution is -0.697. The van der Waals surface area contributed by atoms with Crippen molar-refractivity contribution in [2.45, 2.75) is 38.6 Å². The number of benzene rings is 1. The number of pyridine rings is 1. The molecule has 0 spiro atoms. The summed E-state index contributed by atoms with van der Waals surface area (Å²) in [5.41, 5.74) is 6.93. The van der Waals surface area contributed by atoms with Crippen molar-refractivity contribution < 1.29 is 9.36 Å². The number of anilines is 1. The van der Waals surface area contributed by atoms with Gasteiger partial charge in [-0.1, -0.05) is 0 Å². The summed E-state index contributed by atoms with van der Waals surface area (Å²) in [5, 5.41) is 2.88. The Labute approximate surface area is 179 Å². The number of aromatic nitrogens is 1. The molecule has 0 saturated carbocycles. The topological polar surface area (TPSA) is 36.2 Å². The van der Waals surface area contributed by atoms with E-state index in [1.807, 2.05) is 18.3 Å². The second-order valence-electron chi connectivity index (χ2n) is 7.86. The van der Waals surface area contributed by atoms with Crippen LogP contribution in [0.5, 0.6) is 0 Å². The van der Waals surface area contributed by atoms with Crippen LogP contribution in [0.15, 0.2) is 36.5 Å². The molecule has 0 radical (unpaired) electrons. The van der Waals surface area contributed by atoms with E-state index in [0.29, 0.717) is 25.3 Å². The van der Waals surface area contributed by atoms with Gasteiger partial charge < -0.3 is 10.2 Å². The highest BCUT2D eigenvalue weighted by atomic mass is 32.1. The maximum absolute atomic E-state index is 11.9. The van der Waals surface area contributed by atoms with Crippen molar-refractivity contribution in [3.8, 4) is 0 Å². The number of carbonyl (C=O) groups is 1. The molecule has 152 valence electrons. The summed E-state index contributed by atoms with van der Waals surface area (Å²) in [6.07, 6.45) is 11.8. The maximum atomic E-state index is 11.9. The molecule has 0 fully saturated rings. The van der Waals surface area contributed by atoms with E-state index in [0.717, 1.165) is 5.69 Å². The van der Waals surface area contributed by atoms with Crippen molar-refractivity contribution in [1.29, 1.82) is 0 Å². The monoisotopic (exact) mass is 408 g/mol. The van der Waals surface area contributed by atoms with Crippen LogP contribution in [0.4, 0.5) is 5.69 Å². The summed E-state index contributed by atoms with van der Waals surface area (Å²) in [6.45, 7) is 3.71. The summed E-state index contributed by atoms with van der Waals surface area (Å²) in [7, 11) is 0. The molecule has 0 saturated heterocycles. The number of thiol groups is 1. The second kappa shape index (κ2) is 9.49. The van der Waals surface area contributed by atoms with Gasteiger partial charge in [0.2, 0.25) is 11.6 Å². The molecular weight excluding hydrogens is 378 g/mol. The molecule has 2 aliphatic heterocycles. The van der Waals surface area contributed by atoms with Crippen LogP contribution >= 0.6 is 12.6 Å². The lowest BCUT2D eigenvalue weighted by Crippen LogP contribution is -2.39. The molecule has 0 aliphatic carbocycles. The zero-order valence-corrected chi connectivity index (χ0v) is 17.8. The first-order chi connectivity index (χ1) is 14.2. The average molecular weight is 409 g/mol. The van der Waals surface area contributed by atoms with Crippen LogP contribution in [0.25, 0.3) is 12.2 Å². The van der Waals surface area contributed by atoms with Crippen molar-refractivity contribution in [2.24, 2.45) is 0 Å². The Kier molecular flexibility index (Phi) is 6.55. The standard InChI is InChI=1S/C24H29N3OS/c28-23(25-11-16-29)10-15-26-12-2-1-7-22(26)9-8-19-17-20-5-3-13-27-14-4-6-21(18-19)24(20)27/h1-2,7-9,12,17-18H,3-6,10-11,13-16H2,(H-,25,28,29)/p+1. The third kappa shape index (κ3) is 4.84. The van der Waals surface area contributed by atoms with Gasteiger partial charge in [-0.15, -0.1) is 0 Å². The molecule has 1 N–H and O–H groups in total. The van der Waals surface area contributed by atoms with Crippen molar-refractivity contribution in [2.75, 3.05) is 30.3 Å². The highest BCUT2D eigenvalue weighted by molar-refractivity contribution is 7.80. The largest absolute Gasteiger partial charge is 0.371 e. The van der Waals surface area contributed by atoms with E-state index in [4.69, 9.17) is 0 Å². The van der Waals surface area contributed by atoms with E-state index in [-0.39, 0.29) is 5.91 Å². The number of hydrogen-bond acceptors (Lipinski definition) is 3. The Hall–Kier alpha value is -2.27. The van der Waals surface area contributed by atoms with Crippen LogP contribution in [0.3, 0.4) is 0 Å². The van der Waals surface area contributed by atoms with Gasteiger partial charge in [0.15, 0.2) is 12.7 Å². The third-order valence-electron chi connectivity index (χ3n) is 5.79. The van der Waals surface area contributed by atoms with Gasteiger partial charge in [0.05, 0.1) is 6.42 Å². The lowest BCUT2D eigenvalue weighted by Gasteiger charge is -2.37. The predicted octanol–water partition coefficient (Wildman–Crippen LogP) is 3.28. The van der Waals surface area contributed by atoms with E-state index in [1.54, 1.807) is 0 Å². The van der Waals surface area contributed by atoms with Crippen LogP contribution in [-0.4, -0.2) is 31.3 Å². The smallest absolute Gasteiger partial charge is 0.226 e. The van der Waals surface area contributed by atoms with Gasteiger partial charge in [-0.25, -0.2) is 0 Å². The Morgan fingerprint density at radius 2 is 1.90 bits per heavy atom. The fraction of sp³-hybridized carbons (Fsp3) is 0.417. The molecule has 0 atom stereocenters. The van der Waals surface area contributed by atoms with Gasteiger partial charge in [0, 0.05) is 49.3 Å². The lowest BCUT2D eigenvalue weighted by atomic mass is 9.90. The quantitative estimate of drug-likeness (QED) is 0.545. The van der Waals surface area contributed by atoms with Crippen LogP contribution in [-0.2, 0) is 24.2 Å². The highest BCUT2D eigenvalue weighted by Gasteiger charge is 2.23. The number of aryl methyl sites for hydroxylation is 3.